The van der Waals surface area contributed by atoms with E-state index >= 15 is 0 Å². The molecule has 0 bridgehead atoms. The fourth-order valence-corrected chi connectivity index (χ4v) is 1.49. The van der Waals surface area contributed by atoms with Crippen LogP contribution in [0, 0.1) is 0 Å². The van der Waals surface area contributed by atoms with E-state index in [1.807, 2.05) is 0 Å². The minimum Gasteiger partial charge on any atom is -0.481 e. The zero-order chi connectivity index (χ0) is 14.0. The number of carbonyl (C=O) groups excluding carboxylic acids is 1. The van der Waals surface area contributed by atoms with Crippen LogP contribution in [0.3, 0.4) is 0 Å². The van der Waals surface area contributed by atoms with Crippen molar-refractivity contribution in [2.45, 2.75) is 32.2 Å². The number of carbonyl (C=O) groups is 2. The summed E-state index contributed by atoms with van der Waals surface area (Å²) in [6.07, 6.45) is 1.15. The highest BCUT2D eigenvalue weighted by molar-refractivity contribution is 5.74. The first-order valence-electron chi connectivity index (χ1n) is 6.00. The molecule has 1 atom stereocenters. The Hall–Kier alpha value is -1.34. The molecule has 0 aliphatic carbocycles. The van der Waals surface area contributed by atoms with Crippen LogP contribution in [0.25, 0.3) is 0 Å². The molecule has 0 spiro atoms. The van der Waals surface area contributed by atoms with Gasteiger partial charge in [-0.15, -0.1) is 0 Å². The van der Waals surface area contributed by atoms with E-state index in [0.29, 0.717) is 12.8 Å². The summed E-state index contributed by atoms with van der Waals surface area (Å²) in [7, 11) is 0. The van der Waals surface area contributed by atoms with Crippen molar-refractivity contribution in [3.05, 3.63) is 0 Å². The Kier molecular flexibility index (Phi) is 8.95. The summed E-state index contributed by atoms with van der Waals surface area (Å²) >= 11 is 0. The normalized spacial score (nSPS) is 11.9. The molecule has 0 aromatic heterocycles. The molecule has 4 N–H and O–H groups in total. The SMILES string of the molecule is CC(CCCC(=O)O)NC(=O)N(CCO)CCO. The van der Waals surface area contributed by atoms with E-state index in [0.717, 1.165) is 0 Å². The van der Waals surface area contributed by atoms with Gasteiger partial charge in [0.2, 0.25) is 0 Å². The Morgan fingerprint density at radius 1 is 1.22 bits per heavy atom. The van der Waals surface area contributed by atoms with E-state index in [1.54, 1.807) is 6.92 Å². The number of nitrogens with zero attached hydrogens (tertiary/aromatic N) is 1. The largest absolute Gasteiger partial charge is 0.481 e. The Labute approximate surface area is 106 Å². The molecule has 106 valence electrons. The maximum Gasteiger partial charge on any atom is 0.317 e. The highest BCUT2D eigenvalue weighted by Crippen LogP contribution is 2.01. The summed E-state index contributed by atoms with van der Waals surface area (Å²) < 4.78 is 0. The molecule has 0 saturated carbocycles. The molecule has 1 unspecified atom stereocenters. The van der Waals surface area contributed by atoms with Crippen LogP contribution >= 0.6 is 0 Å². The summed E-state index contributed by atoms with van der Waals surface area (Å²) in [5.74, 6) is -0.851. The molecule has 2 amide bonds. The van der Waals surface area contributed by atoms with Gasteiger partial charge >= 0.3 is 12.0 Å². The van der Waals surface area contributed by atoms with Crippen LogP contribution in [-0.2, 0) is 4.79 Å². The van der Waals surface area contributed by atoms with E-state index in [1.165, 1.54) is 4.90 Å². The molecule has 0 aromatic carbocycles. The number of hydrogen-bond acceptors (Lipinski definition) is 4. The Morgan fingerprint density at radius 2 is 1.78 bits per heavy atom. The van der Waals surface area contributed by atoms with Gasteiger partial charge < -0.3 is 25.5 Å². The third-order valence-corrected chi connectivity index (χ3v) is 2.42. The van der Waals surface area contributed by atoms with Gasteiger partial charge in [0.1, 0.15) is 0 Å². The number of urea groups is 1. The molecule has 0 radical (unpaired) electrons. The molecule has 0 rings (SSSR count). The number of aliphatic carboxylic acids is 1. The summed E-state index contributed by atoms with van der Waals surface area (Å²) in [6, 6.07) is -0.502. The molecule has 0 aliphatic heterocycles. The number of amides is 2. The van der Waals surface area contributed by atoms with E-state index in [4.69, 9.17) is 15.3 Å². The molecule has 7 heteroatoms. The molecular weight excluding hydrogens is 240 g/mol. The lowest BCUT2D eigenvalue weighted by Gasteiger charge is -2.23. The Bertz CT molecular complexity index is 254. The smallest absolute Gasteiger partial charge is 0.317 e. The standard InChI is InChI=1S/C11H22N2O5/c1-9(3-2-4-10(16)17)12-11(18)13(5-7-14)6-8-15/h9,14-15H,2-8H2,1H3,(H,12,18)(H,16,17). The minimum absolute atomic E-state index is 0.0806. The van der Waals surface area contributed by atoms with E-state index in [9.17, 15) is 9.59 Å². The van der Waals surface area contributed by atoms with Crippen molar-refractivity contribution in [1.29, 1.82) is 0 Å². The van der Waals surface area contributed by atoms with Crippen molar-refractivity contribution in [1.82, 2.24) is 10.2 Å². The lowest BCUT2D eigenvalue weighted by atomic mass is 10.1. The summed E-state index contributed by atoms with van der Waals surface area (Å²) in [5, 5.41) is 28.7. The molecule has 0 aliphatic rings. The van der Waals surface area contributed by atoms with Gasteiger partial charge in [0.25, 0.3) is 0 Å². The van der Waals surface area contributed by atoms with Gasteiger partial charge in [-0.05, 0) is 19.8 Å². The number of hydrogen-bond donors (Lipinski definition) is 4. The molecule has 7 nitrogen and oxygen atoms in total. The van der Waals surface area contributed by atoms with Crippen LogP contribution in [0.4, 0.5) is 4.79 Å². The second-order valence-corrected chi connectivity index (χ2v) is 4.07. The van der Waals surface area contributed by atoms with Crippen LogP contribution in [0.15, 0.2) is 0 Å². The van der Waals surface area contributed by atoms with Crippen molar-refractivity contribution in [2.24, 2.45) is 0 Å². The van der Waals surface area contributed by atoms with Gasteiger partial charge in [0, 0.05) is 25.6 Å². The molecule has 18 heavy (non-hydrogen) atoms. The molecule has 0 heterocycles. The number of carboxylic acid groups (broad SMARTS) is 1. The van der Waals surface area contributed by atoms with Gasteiger partial charge in [-0.2, -0.15) is 0 Å². The average molecular weight is 262 g/mol. The predicted octanol–water partition coefficient (Wildman–Crippen LogP) is -0.374. The Morgan fingerprint density at radius 3 is 2.22 bits per heavy atom. The highest BCUT2D eigenvalue weighted by Gasteiger charge is 2.14. The zero-order valence-corrected chi connectivity index (χ0v) is 10.6. The summed E-state index contributed by atoms with van der Waals surface area (Å²) in [6.45, 7) is 1.78. The monoisotopic (exact) mass is 262 g/mol. The predicted molar refractivity (Wildman–Crippen MR) is 65.2 cm³/mol. The summed E-state index contributed by atoms with van der Waals surface area (Å²) in [4.78, 5) is 23.4. The molecular formula is C11H22N2O5. The lowest BCUT2D eigenvalue weighted by Crippen LogP contribution is -2.46. The maximum absolute atomic E-state index is 11.7. The Balaban J connectivity index is 3.98. The topological polar surface area (TPSA) is 110 Å². The van der Waals surface area contributed by atoms with Crippen LogP contribution < -0.4 is 5.32 Å². The second-order valence-electron chi connectivity index (χ2n) is 4.07. The first-order valence-corrected chi connectivity index (χ1v) is 6.00. The van der Waals surface area contributed by atoms with E-state index in [2.05, 4.69) is 5.32 Å². The van der Waals surface area contributed by atoms with Crippen LogP contribution in [-0.4, -0.2) is 64.6 Å². The number of aliphatic hydroxyl groups is 2. The van der Waals surface area contributed by atoms with Crippen LogP contribution in [0.1, 0.15) is 26.2 Å². The van der Waals surface area contributed by atoms with Crippen molar-refractivity contribution in [3.8, 4) is 0 Å². The third-order valence-electron chi connectivity index (χ3n) is 2.42. The highest BCUT2D eigenvalue weighted by atomic mass is 16.4. The maximum atomic E-state index is 11.7. The number of carboxylic acids is 1. The third kappa shape index (κ3) is 7.86. The average Bonchev–Trinajstić information content (AvgIpc) is 2.28. The van der Waals surface area contributed by atoms with Gasteiger partial charge in [0.05, 0.1) is 13.2 Å². The van der Waals surface area contributed by atoms with Crippen LogP contribution in [0.5, 0.6) is 0 Å². The number of aliphatic hydroxyl groups excluding tert-OH is 2. The molecule has 0 aromatic rings. The van der Waals surface area contributed by atoms with Crippen molar-refractivity contribution in [2.75, 3.05) is 26.3 Å². The number of nitrogens with one attached hydrogen (secondary N) is 1. The lowest BCUT2D eigenvalue weighted by molar-refractivity contribution is -0.137. The second kappa shape index (κ2) is 9.67. The molecule has 0 saturated heterocycles. The summed E-state index contributed by atoms with van der Waals surface area (Å²) in [5.41, 5.74) is 0. The van der Waals surface area contributed by atoms with Gasteiger partial charge in [-0.1, -0.05) is 0 Å². The first-order chi connectivity index (χ1) is 8.51. The quantitative estimate of drug-likeness (QED) is 0.453. The zero-order valence-electron chi connectivity index (χ0n) is 10.6. The number of rotatable bonds is 9. The van der Waals surface area contributed by atoms with Crippen molar-refractivity contribution < 1.29 is 24.9 Å². The fraction of sp³-hybridized carbons (Fsp3) is 0.818. The van der Waals surface area contributed by atoms with Crippen molar-refractivity contribution in [3.63, 3.8) is 0 Å². The molecule has 0 fully saturated rings. The van der Waals surface area contributed by atoms with Crippen LogP contribution in [0.2, 0.25) is 0 Å². The van der Waals surface area contributed by atoms with Gasteiger partial charge in [0.15, 0.2) is 0 Å². The van der Waals surface area contributed by atoms with E-state index in [-0.39, 0.29) is 44.8 Å². The van der Waals surface area contributed by atoms with E-state index < -0.39 is 5.97 Å². The van der Waals surface area contributed by atoms with Gasteiger partial charge in [-0.3, -0.25) is 4.79 Å². The fourth-order valence-electron chi connectivity index (χ4n) is 1.49. The van der Waals surface area contributed by atoms with Gasteiger partial charge in [-0.25, -0.2) is 4.79 Å². The first kappa shape index (κ1) is 16.7. The minimum atomic E-state index is -0.851. The van der Waals surface area contributed by atoms with Crippen molar-refractivity contribution >= 4 is 12.0 Å².